The van der Waals surface area contributed by atoms with Gasteiger partial charge in [0.15, 0.2) is 0 Å². The van der Waals surface area contributed by atoms with Gasteiger partial charge < -0.3 is 15.0 Å². The summed E-state index contributed by atoms with van der Waals surface area (Å²) in [6.07, 6.45) is 4.16. The molecular weight excluding hydrogens is 300 g/mol. The first-order chi connectivity index (χ1) is 11.4. The predicted octanol–water partition coefficient (Wildman–Crippen LogP) is 4.14. The molecule has 0 bridgehead atoms. The summed E-state index contributed by atoms with van der Waals surface area (Å²) in [6, 6.07) is 8.08. The fourth-order valence-corrected chi connectivity index (χ4v) is 2.17. The average Bonchev–Trinajstić information content (AvgIpc) is 2.53. The van der Waals surface area contributed by atoms with Crippen molar-refractivity contribution in [3.63, 3.8) is 0 Å². The highest BCUT2D eigenvalue weighted by Gasteiger charge is 2.13. The maximum atomic E-state index is 12.0. The summed E-state index contributed by atoms with van der Waals surface area (Å²) in [7, 11) is 0. The molecular formula is C20H30N2O2. The minimum absolute atomic E-state index is 0.107. The molecule has 24 heavy (non-hydrogen) atoms. The van der Waals surface area contributed by atoms with Gasteiger partial charge in [-0.15, -0.1) is 13.2 Å². The van der Waals surface area contributed by atoms with Crippen molar-refractivity contribution in [2.75, 3.05) is 26.2 Å². The van der Waals surface area contributed by atoms with Crippen molar-refractivity contribution in [3.05, 3.63) is 55.1 Å². The van der Waals surface area contributed by atoms with Crippen molar-refractivity contribution in [3.8, 4) is 5.75 Å². The molecule has 0 fully saturated rings. The van der Waals surface area contributed by atoms with Crippen LogP contribution in [0.2, 0.25) is 0 Å². The molecule has 0 aliphatic rings. The van der Waals surface area contributed by atoms with E-state index in [1.807, 2.05) is 12.1 Å². The summed E-state index contributed by atoms with van der Waals surface area (Å²) in [6.45, 7) is 16.0. The van der Waals surface area contributed by atoms with E-state index in [-0.39, 0.29) is 11.4 Å². The first-order valence-electron chi connectivity index (χ1n) is 8.36. The van der Waals surface area contributed by atoms with Gasteiger partial charge in [0.2, 0.25) is 0 Å². The molecule has 0 aromatic heterocycles. The smallest absolute Gasteiger partial charge is 0.317 e. The van der Waals surface area contributed by atoms with Crippen LogP contribution in [-0.2, 0) is 5.41 Å². The molecule has 1 aromatic carbocycles. The molecule has 1 N–H and O–H groups in total. The van der Waals surface area contributed by atoms with Crippen LogP contribution in [0.5, 0.6) is 5.75 Å². The summed E-state index contributed by atoms with van der Waals surface area (Å²) in [5, 5.41) is 2.88. The van der Waals surface area contributed by atoms with Crippen molar-refractivity contribution in [2.24, 2.45) is 0 Å². The van der Waals surface area contributed by atoms with E-state index in [9.17, 15) is 4.79 Å². The van der Waals surface area contributed by atoms with E-state index in [0.717, 1.165) is 12.2 Å². The summed E-state index contributed by atoms with van der Waals surface area (Å²) in [5.41, 5.74) is 1.43. The second-order valence-electron chi connectivity index (χ2n) is 6.69. The second kappa shape index (κ2) is 9.81. The molecule has 1 rings (SSSR count). The number of carbonyl (C=O) groups is 1. The van der Waals surface area contributed by atoms with Gasteiger partial charge in [-0.3, -0.25) is 0 Å². The van der Waals surface area contributed by atoms with E-state index in [1.165, 1.54) is 5.56 Å². The van der Waals surface area contributed by atoms with Gasteiger partial charge in [0, 0.05) is 19.6 Å². The van der Waals surface area contributed by atoms with Crippen LogP contribution in [0.3, 0.4) is 0 Å². The second-order valence-corrected chi connectivity index (χ2v) is 6.69. The lowest BCUT2D eigenvalue weighted by Crippen LogP contribution is -2.40. The van der Waals surface area contributed by atoms with E-state index >= 15 is 0 Å². The molecule has 4 nitrogen and oxygen atoms in total. The number of rotatable bonds is 9. The van der Waals surface area contributed by atoms with Crippen molar-refractivity contribution in [1.82, 2.24) is 10.2 Å². The predicted molar refractivity (Wildman–Crippen MR) is 101 cm³/mol. The van der Waals surface area contributed by atoms with Crippen LogP contribution in [0.15, 0.2) is 49.6 Å². The number of benzene rings is 1. The Hall–Kier alpha value is -2.23. The Morgan fingerprint density at radius 3 is 2.25 bits per heavy atom. The Bertz CT molecular complexity index is 520. The standard InChI is InChI=1S/C20H30N2O2/c1-6-14-22(15-7-2)19(23)21-13-8-16-24-18-11-9-17(10-12-18)20(3,4)5/h6-7,9-12H,1-2,8,13-16H2,3-5H3,(H,21,23). The zero-order valence-corrected chi connectivity index (χ0v) is 15.2. The van der Waals surface area contributed by atoms with Crippen LogP contribution >= 0.6 is 0 Å². The van der Waals surface area contributed by atoms with Crippen molar-refractivity contribution in [2.45, 2.75) is 32.6 Å². The number of amides is 2. The Morgan fingerprint density at radius 2 is 1.75 bits per heavy atom. The molecule has 0 aliphatic carbocycles. The lowest BCUT2D eigenvalue weighted by molar-refractivity contribution is 0.207. The summed E-state index contributed by atoms with van der Waals surface area (Å²) < 4.78 is 5.71. The quantitative estimate of drug-likeness (QED) is 0.546. The van der Waals surface area contributed by atoms with Crippen LogP contribution in [0, 0.1) is 0 Å². The van der Waals surface area contributed by atoms with E-state index in [1.54, 1.807) is 17.1 Å². The highest BCUT2D eigenvalue weighted by Crippen LogP contribution is 2.24. The van der Waals surface area contributed by atoms with E-state index in [2.05, 4.69) is 51.4 Å². The van der Waals surface area contributed by atoms with Gasteiger partial charge in [-0.05, 0) is 29.5 Å². The van der Waals surface area contributed by atoms with Crippen LogP contribution in [-0.4, -0.2) is 37.2 Å². The molecule has 0 saturated carbocycles. The number of nitrogens with zero attached hydrogens (tertiary/aromatic N) is 1. The van der Waals surface area contributed by atoms with Crippen molar-refractivity contribution < 1.29 is 9.53 Å². The first kappa shape index (κ1) is 19.8. The van der Waals surface area contributed by atoms with Crippen molar-refractivity contribution in [1.29, 1.82) is 0 Å². The van der Waals surface area contributed by atoms with Gasteiger partial charge in [-0.1, -0.05) is 45.1 Å². The normalized spacial score (nSPS) is 10.8. The van der Waals surface area contributed by atoms with E-state index in [0.29, 0.717) is 26.2 Å². The van der Waals surface area contributed by atoms with E-state index in [4.69, 9.17) is 4.74 Å². The summed E-state index contributed by atoms with van der Waals surface area (Å²) in [4.78, 5) is 13.6. The molecule has 0 saturated heterocycles. The largest absolute Gasteiger partial charge is 0.494 e. The van der Waals surface area contributed by atoms with Gasteiger partial charge in [-0.25, -0.2) is 4.79 Å². The van der Waals surface area contributed by atoms with Gasteiger partial charge in [-0.2, -0.15) is 0 Å². The Morgan fingerprint density at radius 1 is 1.17 bits per heavy atom. The third-order valence-electron chi connectivity index (χ3n) is 3.57. The molecule has 132 valence electrons. The van der Waals surface area contributed by atoms with Gasteiger partial charge >= 0.3 is 6.03 Å². The highest BCUT2D eigenvalue weighted by molar-refractivity contribution is 5.74. The maximum absolute atomic E-state index is 12.0. The van der Waals surface area contributed by atoms with Crippen molar-refractivity contribution >= 4 is 6.03 Å². The molecule has 4 heteroatoms. The van der Waals surface area contributed by atoms with Crippen LogP contribution in [0.25, 0.3) is 0 Å². The summed E-state index contributed by atoms with van der Waals surface area (Å²) in [5.74, 6) is 0.856. The fraction of sp³-hybridized carbons (Fsp3) is 0.450. The summed E-state index contributed by atoms with van der Waals surface area (Å²) >= 11 is 0. The molecule has 0 atom stereocenters. The molecule has 0 spiro atoms. The van der Waals surface area contributed by atoms with Gasteiger partial charge in [0.05, 0.1) is 6.61 Å². The topological polar surface area (TPSA) is 41.6 Å². The maximum Gasteiger partial charge on any atom is 0.317 e. The zero-order valence-electron chi connectivity index (χ0n) is 15.2. The third-order valence-corrected chi connectivity index (χ3v) is 3.57. The van der Waals surface area contributed by atoms with Crippen LogP contribution < -0.4 is 10.1 Å². The average molecular weight is 330 g/mol. The first-order valence-corrected chi connectivity index (χ1v) is 8.36. The molecule has 0 radical (unpaired) electrons. The minimum Gasteiger partial charge on any atom is -0.494 e. The Kier molecular flexibility index (Phi) is 8.10. The van der Waals surface area contributed by atoms with Gasteiger partial charge in [0.1, 0.15) is 5.75 Å². The molecule has 1 aromatic rings. The molecule has 0 unspecified atom stereocenters. The molecule has 2 amide bonds. The van der Waals surface area contributed by atoms with Crippen LogP contribution in [0.1, 0.15) is 32.8 Å². The number of urea groups is 1. The number of ether oxygens (including phenoxy) is 1. The third kappa shape index (κ3) is 6.90. The lowest BCUT2D eigenvalue weighted by Gasteiger charge is -2.20. The Labute approximate surface area is 146 Å². The van der Waals surface area contributed by atoms with E-state index < -0.39 is 0 Å². The lowest BCUT2D eigenvalue weighted by atomic mass is 9.87. The number of hydrogen-bond donors (Lipinski definition) is 1. The SMILES string of the molecule is C=CCN(CC=C)C(=O)NCCCOc1ccc(C(C)(C)C)cc1. The molecule has 0 heterocycles. The fourth-order valence-electron chi connectivity index (χ4n) is 2.17. The molecule has 0 aliphatic heterocycles. The Balaban J connectivity index is 2.29. The minimum atomic E-state index is -0.107. The number of carbonyl (C=O) groups excluding carboxylic acids is 1. The van der Waals surface area contributed by atoms with Crippen LogP contribution in [0.4, 0.5) is 4.79 Å². The number of nitrogens with one attached hydrogen (secondary N) is 1. The number of hydrogen-bond acceptors (Lipinski definition) is 2. The highest BCUT2D eigenvalue weighted by atomic mass is 16.5. The monoisotopic (exact) mass is 330 g/mol. The zero-order chi connectivity index (χ0) is 18.0. The van der Waals surface area contributed by atoms with Gasteiger partial charge in [0.25, 0.3) is 0 Å².